The predicted octanol–water partition coefficient (Wildman–Crippen LogP) is 5.94. The highest BCUT2D eigenvalue weighted by molar-refractivity contribution is 6.31. The van der Waals surface area contributed by atoms with E-state index < -0.39 is 0 Å². The summed E-state index contributed by atoms with van der Waals surface area (Å²) >= 11 is 6.26. The fourth-order valence-electron chi connectivity index (χ4n) is 2.81. The van der Waals surface area contributed by atoms with E-state index >= 15 is 0 Å². The molecule has 28 heavy (non-hydrogen) atoms. The van der Waals surface area contributed by atoms with Crippen molar-refractivity contribution in [2.75, 3.05) is 19.0 Å². The molecule has 0 aliphatic carbocycles. The third-order valence-electron chi connectivity index (χ3n) is 4.26. The van der Waals surface area contributed by atoms with Crippen molar-refractivity contribution in [2.45, 2.75) is 20.1 Å². The maximum atomic E-state index is 6.26. The molecule has 3 aromatic carbocycles. The lowest BCUT2D eigenvalue weighted by Gasteiger charge is -2.17. The minimum atomic E-state index is 0.374. The zero-order valence-electron chi connectivity index (χ0n) is 16.1. The first-order valence-corrected chi connectivity index (χ1v) is 9.58. The molecule has 3 aromatic rings. The Kier molecular flexibility index (Phi) is 7.04. The molecule has 4 nitrogen and oxygen atoms in total. The summed E-state index contributed by atoms with van der Waals surface area (Å²) in [5, 5.41) is 4.10. The lowest BCUT2D eigenvalue weighted by Crippen LogP contribution is -2.06. The molecule has 0 fully saturated rings. The van der Waals surface area contributed by atoms with E-state index in [1.54, 1.807) is 7.11 Å². The summed E-state index contributed by atoms with van der Waals surface area (Å²) < 4.78 is 17.1. The maximum Gasteiger partial charge on any atom is 0.166 e. The first-order chi connectivity index (χ1) is 13.7. The topological polar surface area (TPSA) is 39.7 Å². The van der Waals surface area contributed by atoms with Crippen LogP contribution in [-0.4, -0.2) is 13.7 Å². The number of benzene rings is 3. The normalized spacial score (nSPS) is 10.4. The molecule has 0 unspecified atom stereocenters. The van der Waals surface area contributed by atoms with Gasteiger partial charge in [-0.25, -0.2) is 0 Å². The first-order valence-electron chi connectivity index (χ1n) is 9.20. The fraction of sp³-hybridized carbons (Fsp3) is 0.217. The van der Waals surface area contributed by atoms with Crippen LogP contribution in [0, 0.1) is 0 Å². The summed E-state index contributed by atoms with van der Waals surface area (Å²) in [5.74, 6) is 2.28. The van der Waals surface area contributed by atoms with Crippen LogP contribution in [0.3, 0.4) is 0 Å². The summed E-state index contributed by atoms with van der Waals surface area (Å²) in [6, 6.07) is 21.4. The van der Waals surface area contributed by atoms with Gasteiger partial charge >= 0.3 is 0 Å². The number of methoxy groups -OCH3 is 1. The SMILES string of the molecule is CCOc1cccc(CNc2ccc(OC)cc2)c1OCc1ccccc1Cl. The van der Waals surface area contributed by atoms with Gasteiger partial charge in [0, 0.05) is 28.4 Å². The molecule has 0 aliphatic rings. The van der Waals surface area contributed by atoms with Gasteiger partial charge in [-0.05, 0) is 43.3 Å². The van der Waals surface area contributed by atoms with Gasteiger partial charge in [0.15, 0.2) is 11.5 Å². The van der Waals surface area contributed by atoms with Gasteiger partial charge in [-0.15, -0.1) is 0 Å². The van der Waals surface area contributed by atoms with E-state index in [9.17, 15) is 0 Å². The van der Waals surface area contributed by atoms with Crippen LogP contribution in [0.2, 0.25) is 5.02 Å². The zero-order chi connectivity index (χ0) is 19.8. The van der Waals surface area contributed by atoms with E-state index in [1.165, 1.54) is 0 Å². The Morgan fingerprint density at radius 2 is 1.61 bits per heavy atom. The monoisotopic (exact) mass is 397 g/mol. The number of ether oxygens (including phenoxy) is 3. The van der Waals surface area contributed by atoms with Gasteiger partial charge < -0.3 is 19.5 Å². The molecule has 146 valence electrons. The largest absolute Gasteiger partial charge is 0.497 e. The van der Waals surface area contributed by atoms with Gasteiger partial charge in [0.2, 0.25) is 0 Å². The lowest BCUT2D eigenvalue weighted by molar-refractivity contribution is 0.267. The fourth-order valence-corrected chi connectivity index (χ4v) is 3.00. The molecule has 0 bridgehead atoms. The molecule has 5 heteroatoms. The second kappa shape index (κ2) is 9.90. The van der Waals surface area contributed by atoms with Crippen LogP contribution < -0.4 is 19.5 Å². The molecule has 0 amide bonds. The van der Waals surface area contributed by atoms with Gasteiger partial charge in [-0.1, -0.05) is 41.9 Å². The van der Waals surface area contributed by atoms with Crippen molar-refractivity contribution in [1.29, 1.82) is 0 Å². The van der Waals surface area contributed by atoms with E-state index in [4.69, 9.17) is 25.8 Å². The van der Waals surface area contributed by atoms with Gasteiger partial charge in [-0.3, -0.25) is 0 Å². The molecule has 1 N–H and O–H groups in total. The van der Waals surface area contributed by atoms with Crippen molar-refractivity contribution in [3.8, 4) is 17.2 Å². The van der Waals surface area contributed by atoms with Crippen molar-refractivity contribution >= 4 is 17.3 Å². The summed E-state index contributed by atoms with van der Waals surface area (Å²) in [6.07, 6.45) is 0. The van der Waals surface area contributed by atoms with Gasteiger partial charge in [0.1, 0.15) is 12.4 Å². The van der Waals surface area contributed by atoms with E-state index in [1.807, 2.05) is 73.7 Å². The van der Waals surface area contributed by atoms with Gasteiger partial charge in [-0.2, -0.15) is 0 Å². The molecule has 0 radical (unpaired) electrons. The molecule has 0 saturated carbocycles. The van der Waals surface area contributed by atoms with Crippen LogP contribution in [0.4, 0.5) is 5.69 Å². The average Bonchev–Trinajstić information content (AvgIpc) is 2.73. The quantitative estimate of drug-likeness (QED) is 0.485. The number of halogens is 1. The molecule has 0 heterocycles. The third kappa shape index (κ3) is 5.11. The smallest absolute Gasteiger partial charge is 0.166 e. The summed E-state index contributed by atoms with van der Waals surface area (Å²) in [6.45, 7) is 3.50. The van der Waals surface area contributed by atoms with Crippen LogP contribution >= 0.6 is 11.6 Å². The standard InChI is InChI=1S/C23H24ClNO3/c1-3-27-22-10-6-8-17(15-25-19-11-13-20(26-2)14-12-19)23(22)28-16-18-7-4-5-9-21(18)24/h4-14,25H,3,15-16H2,1-2H3. The third-order valence-corrected chi connectivity index (χ3v) is 4.63. The van der Waals surface area contributed by atoms with E-state index in [2.05, 4.69) is 5.32 Å². The maximum absolute atomic E-state index is 6.26. The van der Waals surface area contributed by atoms with Gasteiger partial charge in [0.05, 0.1) is 13.7 Å². The predicted molar refractivity (Wildman–Crippen MR) is 114 cm³/mol. The van der Waals surface area contributed by atoms with E-state index in [0.29, 0.717) is 24.8 Å². The first kappa shape index (κ1) is 19.9. The van der Waals surface area contributed by atoms with Crippen LogP contribution in [-0.2, 0) is 13.2 Å². The molecule has 0 atom stereocenters. The van der Waals surface area contributed by atoms with Crippen molar-refractivity contribution < 1.29 is 14.2 Å². The highest BCUT2D eigenvalue weighted by atomic mass is 35.5. The van der Waals surface area contributed by atoms with E-state index in [-0.39, 0.29) is 0 Å². The lowest BCUT2D eigenvalue weighted by atomic mass is 10.1. The second-order valence-corrected chi connectivity index (χ2v) is 6.55. The molecule has 0 aromatic heterocycles. The minimum absolute atomic E-state index is 0.374. The summed E-state index contributed by atoms with van der Waals surface area (Å²) in [4.78, 5) is 0. The Morgan fingerprint density at radius 1 is 0.857 bits per heavy atom. The Hall–Kier alpha value is -2.85. The molecule has 0 spiro atoms. The number of anilines is 1. The molecule has 0 aliphatic heterocycles. The van der Waals surface area contributed by atoms with Gasteiger partial charge in [0.25, 0.3) is 0 Å². The van der Waals surface area contributed by atoms with Crippen molar-refractivity contribution in [3.63, 3.8) is 0 Å². The average molecular weight is 398 g/mol. The van der Waals surface area contributed by atoms with Crippen LogP contribution in [0.25, 0.3) is 0 Å². The highest BCUT2D eigenvalue weighted by Crippen LogP contribution is 2.33. The highest BCUT2D eigenvalue weighted by Gasteiger charge is 2.12. The Labute approximate surface area is 171 Å². The summed E-state index contributed by atoms with van der Waals surface area (Å²) in [5.41, 5.74) is 2.94. The van der Waals surface area contributed by atoms with Crippen LogP contribution in [0.5, 0.6) is 17.2 Å². The Bertz CT molecular complexity index is 897. The molecule has 0 saturated heterocycles. The number of para-hydroxylation sites is 1. The number of rotatable bonds is 9. The van der Waals surface area contributed by atoms with Crippen molar-refractivity contribution in [2.24, 2.45) is 0 Å². The second-order valence-electron chi connectivity index (χ2n) is 6.14. The molecule has 3 rings (SSSR count). The Morgan fingerprint density at radius 3 is 2.32 bits per heavy atom. The minimum Gasteiger partial charge on any atom is -0.497 e. The number of hydrogen-bond donors (Lipinski definition) is 1. The molecular formula is C23H24ClNO3. The molecular weight excluding hydrogens is 374 g/mol. The van der Waals surface area contributed by atoms with Crippen LogP contribution in [0.15, 0.2) is 66.7 Å². The number of hydrogen-bond acceptors (Lipinski definition) is 4. The summed E-state index contributed by atoms with van der Waals surface area (Å²) in [7, 11) is 1.66. The number of nitrogens with one attached hydrogen (secondary N) is 1. The zero-order valence-corrected chi connectivity index (χ0v) is 16.8. The Balaban J connectivity index is 1.77. The van der Waals surface area contributed by atoms with Crippen LogP contribution in [0.1, 0.15) is 18.1 Å². The van der Waals surface area contributed by atoms with E-state index in [0.717, 1.165) is 34.1 Å². The van der Waals surface area contributed by atoms with Crippen molar-refractivity contribution in [1.82, 2.24) is 0 Å². The van der Waals surface area contributed by atoms with Crippen molar-refractivity contribution in [3.05, 3.63) is 82.9 Å².